The van der Waals surface area contributed by atoms with Crippen LogP contribution in [0, 0.1) is 5.89 Å². The van der Waals surface area contributed by atoms with Crippen molar-refractivity contribution in [3.05, 3.63) is 0 Å². The van der Waals surface area contributed by atoms with Crippen LogP contribution >= 0.6 is 0 Å². The molecule has 2 fully saturated rings. The molecule has 0 radical (unpaired) electrons. The van der Waals surface area contributed by atoms with Crippen molar-refractivity contribution in [2.45, 2.75) is 18.8 Å². The summed E-state index contributed by atoms with van der Waals surface area (Å²) in [4.78, 5) is 0. The highest BCUT2D eigenvalue weighted by Gasteiger charge is 2.40. The van der Waals surface area contributed by atoms with E-state index < -0.39 is 24.8 Å². The van der Waals surface area contributed by atoms with Crippen molar-refractivity contribution >= 4 is 0 Å². The maximum absolute atomic E-state index is 9.52. The minimum atomic E-state index is -2.40. The second kappa shape index (κ2) is 1.94. The lowest BCUT2D eigenvalue weighted by molar-refractivity contribution is -0.0907. The molecule has 3 nitrogen and oxygen atoms in total. The molecule has 2 aliphatic heterocycles. The van der Waals surface area contributed by atoms with Crippen molar-refractivity contribution in [3.63, 3.8) is 0 Å². The first-order valence-electron chi connectivity index (χ1n) is 4.88. The molecule has 2 rings (SSSR count). The third-order valence-corrected chi connectivity index (χ3v) is 1.42. The van der Waals surface area contributed by atoms with Crippen LogP contribution in [0.2, 0.25) is 0 Å². The van der Waals surface area contributed by atoms with Gasteiger partial charge in [-0.3, -0.25) is 0 Å². The van der Waals surface area contributed by atoms with E-state index in [2.05, 4.69) is 4.74 Å². The summed E-state index contributed by atoms with van der Waals surface area (Å²) in [6.07, 6.45) is -4.42. The summed E-state index contributed by atoms with van der Waals surface area (Å²) in [6.45, 7) is -1.52. The molecular formula is C6H10O3. The summed E-state index contributed by atoms with van der Waals surface area (Å²) in [6, 6.07) is 0. The number of hydrogen-bond acceptors (Lipinski definition) is 3. The van der Waals surface area contributed by atoms with Crippen molar-refractivity contribution in [1.29, 1.82) is 0 Å². The Morgan fingerprint density at radius 2 is 2.56 bits per heavy atom. The molecular weight excluding hydrogens is 120 g/mol. The van der Waals surface area contributed by atoms with Gasteiger partial charge in [-0.15, -0.1) is 0 Å². The quantitative estimate of drug-likeness (QED) is 0.496. The van der Waals surface area contributed by atoms with Gasteiger partial charge in [0.25, 0.3) is 0 Å². The van der Waals surface area contributed by atoms with Gasteiger partial charge in [0.2, 0.25) is 0 Å². The molecule has 4 atom stereocenters. The maximum atomic E-state index is 9.52. The van der Waals surface area contributed by atoms with E-state index in [1.165, 1.54) is 0 Å². The van der Waals surface area contributed by atoms with E-state index in [1.54, 1.807) is 0 Å². The maximum Gasteiger partial charge on any atom is 0.163 e. The Labute approximate surface area is 59.2 Å². The average Bonchev–Trinajstić information content (AvgIpc) is 2.34. The fraction of sp³-hybridized carbons (Fsp3) is 1.00. The summed E-state index contributed by atoms with van der Waals surface area (Å²) in [7, 11) is 0. The van der Waals surface area contributed by atoms with Gasteiger partial charge in [-0.05, 0) is 6.42 Å². The Morgan fingerprint density at radius 3 is 3.33 bits per heavy atom. The smallest absolute Gasteiger partial charge is 0.163 e. The lowest BCUT2D eigenvalue weighted by atomic mass is 10.0. The van der Waals surface area contributed by atoms with Crippen LogP contribution in [0.4, 0.5) is 0 Å². The van der Waals surface area contributed by atoms with Crippen molar-refractivity contribution in [1.82, 2.24) is 0 Å². The minimum absolute atomic E-state index is 0.0336. The second-order valence-electron chi connectivity index (χ2n) is 1.99. The van der Waals surface area contributed by atoms with E-state index in [9.17, 15) is 5.11 Å². The van der Waals surface area contributed by atoms with Gasteiger partial charge in [0.1, 0.15) is 0 Å². The summed E-state index contributed by atoms with van der Waals surface area (Å²) < 4.78 is 39.4. The SMILES string of the molecule is [2H]C1O[C@@]2([2H])OCC[C@@]2([2H])[C@@]1([2H])O. The van der Waals surface area contributed by atoms with Crippen LogP contribution in [0.3, 0.4) is 0 Å². The Morgan fingerprint density at radius 1 is 1.67 bits per heavy atom. The Kier molecular flexibility index (Phi) is 0.616. The van der Waals surface area contributed by atoms with Gasteiger partial charge >= 0.3 is 0 Å². The monoisotopic (exact) mass is 134 g/mol. The van der Waals surface area contributed by atoms with E-state index in [1.807, 2.05) is 0 Å². The normalized spacial score (nSPS) is 88.8. The van der Waals surface area contributed by atoms with Crippen LogP contribution in [0.25, 0.3) is 0 Å². The van der Waals surface area contributed by atoms with Crippen molar-refractivity contribution in [3.8, 4) is 0 Å². The van der Waals surface area contributed by atoms with Crippen molar-refractivity contribution in [2.24, 2.45) is 5.89 Å². The first-order chi connectivity index (χ1) is 5.83. The lowest BCUT2D eigenvalue weighted by Gasteiger charge is -2.06. The molecule has 0 aromatic carbocycles. The van der Waals surface area contributed by atoms with Gasteiger partial charge in [-0.25, -0.2) is 0 Å². The van der Waals surface area contributed by atoms with E-state index in [0.29, 0.717) is 0 Å². The topological polar surface area (TPSA) is 38.7 Å². The minimum Gasteiger partial charge on any atom is -0.390 e. The fourth-order valence-electron chi connectivity index (χ4n) is 0.953. The highest BCUT2D eigenvalue weighted by atomic mass is 16.7. The standard InChI is InChI=1S/C6H10O3/c7-5-3-9-6-4(5)1-2-8-6/h4-7H,1-3H2/t4-,5-,6+/m0/s1/i3D,4D,5D,6D/t3?,4-,5-,6+. The highest BCUT2D eigenvalue weighted by Crippen LogP contribution is 2.30. The van der Waals surface area contributed by atoms with Gasteiger partial charge in [-0.1, -0.05) is 0 Å². The predicted octanol–water partition coefficient (Wildman–Crippen LogP) is -0.260. The number of rotatable bonds is 0. The summed E-state index contributed by atoms with van der Waals surface area (Å²) >= 11 is 0. The molecule has 0 saturated carbocycles. The largest absolute Gasteiger partial charge is 0.390 e. The third-order valence-electron chi connectivity index (χ3n) is 1.42. The molecule has 2 heterocycles. The van der Waals surface area contributed by atoms with Gasteiger partial charge in [-0.2, -0.15) is 0 Å². The summed E-state index contributed by atoms with van der Waals surface area (Å²) in [5.74, 6) is -1.88. The molecule has 0 bridgehead atoms. The third kappa shape index (κ3) is 0.764. The predicted molar refractivity (Wildman–Crippen MR) is 29.8 cm³/mol. The first-order valence-corrected chi connectivity index (χ1v) is 2.80. The second-order valence-corrected chi connectivity index (χ2v) is 1.99. The molecule has 3 heteroatoms. The van der Waals surface area contributed by atoms with Crippen LogP contribution in [0.5, 0.6) is 0 Å². The molecule has 1 unspecified atom stereocenters. The number of hydrogen-bond donors (Lipinski definition) is 1. The van der Waals surface area contributed by atoms with Crippen molar-refractivity contribution < 1.29 is 20.1 Å². The van der Waals surface area contributed by atoms with Crippen LogP contribution in [-0.4, -0.2) is 30.6 Å². The lowest BCUT2D eigenvalue weighted by Crippen LogP contribution is -2.18. The fourth-order valence-corrected chi connectivity index (χ4v) is 0.953. The Balaban J connectivity index is 2.45. The number of ether oxygens (including phenoxy) is 2. The Bertz CT molecular complexity index is 241. The van der Waals surface area contributed by atoms with Crippen LogP contribution < -0.4 is 0 Å². The molecule has 1 N–H and O–H groups in total. The van der Waals surface area contributed by atoms with Gasteiger partial charge in [0, 0.05) is 7.26 Å². The Hall–Kier alpha value is -0.120. The molecule has 9 heavy (non-hydrogen) atoms. The molecule has 0 spiro atoms. The van der Waals surface area contributed by atoms with Crippen molar-refractivity contribution in [2.75, 3.05) is 13.2 Å². The van der Waals surface area contributed by atoms with Crippen LogP contribution in [-0.2, 0) is 9.47 Å². The first kappa shape index (κ1) is 2.86. The number of fused-ring (bicyclic) bond motifs is 1. The molecule has 0 aliphatic carbocycles. The molecule has 0 aromatic heterocycles. The van der Waals surface area contributed by atoms with E-state index in [4.69, 9.17) is 10.2 Å². The van der Waals surface area contributed by atoms with Gasteiger partial charge in [0.15, 0.2) is 6.27 Å². The molecule has 0 aromatic rings. The molecule has 52 valence electrons. The number of aliphatic hydroxyl groups is 1. The van der Waals surface area contributed by atoms with Crippen LogP contribution in [0.15, 0.2) is 0 Å². The van der Waals surface area contributed by atoms with Crippen LogP contribution in [0.1, 0.15) is 11.9 Å². The average molecular weight is 134 g/mol. The van der Waals surface area contributed by atoms with Gasteiger partial charge in [0.05, 0.1) is 23.4 Å². The zero-order valence-corrected chi connectivity index (χ0v) is 4.76. The summed E-state index contributed by atoms with van der Waals surface area (Å²) in [5.41, 5.74) is 0. The zero-order chi connectivity index (χ0) is 9.91. The molecule has 0 amide bonds. The molecule has 2 aliphatic rings. The van der Waals surface area contributed by atoms with Gasteiger partial charge < -0.3 is 14.6 Å². The zero-order valence-electron chi connectivity index (χ0n) is 8.76. The van der Waals surface area contributed by atoms with E-state index in [-0.39, 0.29) is 13.0 Å². The summed E-state index contributed by atoms with van der Waals surface area (Å²) in [5, 5.41) is 9.52. The van der Waals surface area contributed by atoms with E-state index >= 15 is 0 Å². The van der Waals surface area contributed by atoms with E-state index in [0.717, 1.165) is 0 Å². The highest BCUT2D eigenvalue weighted by molar-refractivity contribution is 4.81. The molecule has 2 saturated heterocycles.